The zero-order valence-corrected chi connectivity index (χ0v) is 12.9. The van der Waals surface area contributed by atoms with Crippen LogP contribution in [0.3, 0.4) is 0 Å². The largest absolute Gasteiger partial charge is 0.477 e. The van der Waals surface area contributed by atoms with E-state index in [1.165, 1.54) is 11.0 Å². The fourth-order valence-corrected chi connectivity index (χ4v) is 2.28. The zero-order valence-electron chi connectivity index (χ0n) is 12.9. The molecule has 0 aliphatic carbocycles. The molecule has 2 aromatic rings. The summed E-state index contributed by atoms with van der Waals surface area (Å²) in [5, 5.41) is 5.50. The zero-order chi connectivity index (χ0) is 16.8. The Bertz CT molecular complexity index is 745. The number of rotatable bonds is 3. The molecule has 2 N–H and O–H groups in total. The smallest absolute Gasteiger partial charge is 0.328 e. The van der Waals surface area contributed by atoms with E-state index in [2.05, 4.69) is 10.6 Å². The van der Waals surface area contributed by atoms with Gasteiger partial charge in [-0.3, -0.25) is 9.69 Å². The number of nitrogens with one attached hydrogen (secondary N) is 2. The molecule has 1 fully saturated rings. The van der Waals surface area contributed by atoms with Gasteiger partial charge in [0, 0.05) is 11.4 Å². The molecule has 0 unspecified atom stereocenters. The van der Waals surface area contributed by atoms with Crippen molar-refractivity contribution in [2.45, 2.75) is 0 Å². The second-order valence-corrected chi connectivity index (χ2v) is 5.13. The molecule has 0 saturated carbocycles. The number of urea groups is 1. The number of hydrogen-bond acceptors (Lipinski definition) is 3. The van der Waals surface area contributed by atoms with Crippen LogP contribution in [0.15, 0.2) is 72.6 Å². The van der Waals surface area contributed by atoms with Gasteiger partial charge in [0.15, 0.2) is 0 Å². The molecule has 122 valence electrons. The number of hydrogen-bond donors (Lipinski definition) is 2. The van der Waals surface area contributed by atoms with Gasteiger partial charge in [-0.2, -0.15) is 0 Å². The van der Waals surface area contributed by atoms with E-state index in [0.717, 1.165) is 0 Å². The van der Waals surface area contributed by atoms with Gasteiger partial charge in [0.1, 0.15) is 6.61 Å². The molecule has 1 heterocycles. The molecule has 1 aliphatic heterocycles. The number of ether oxygens (including phenoxy) is 1. The highest BCUT2D eigenvalue weighted by Crippen LogP contribution is 2.17. The van der Waals surface area contributed by atoms with Crippen LogP contribution in [-0.4, -0.2) is 30.0 Å². The van der Waals surface area contributed by atoms with Crippen molar-refractivity contribution in [3.8, 4) is 0 Å². The molecule has 3 amide bonds. The number of carbonyl (C=O) groups is 2. The minimum Gasteiger partial charge on any atom is -0.477 e. The second kappa shape index (κ2) is 7.32. The minimum atomic E-state index is -0.351. The molecule has 24 heavy (non-hydrogen) atoms. The molecule has 3 rings (SSSR count). The SMILES string of the molecule is O=C(C=C1OCCN1C(=O)Nc1ccccc1)Nc1ccccc1. The van der Waals surface area contributed by atoms with E-state index in [9.17, 15) is 9.59 Å². The van der Waals surface area contributed by atoms with E-state index in [1.807, 2.05) is 36.4 Å². The highest BCUT2D eigenvalue weighted by atomic mass is 16.5. The van der Waals surface area contributed by atoms with Crippen LogP contribution in [0.5, 0.6) is 0 Å². The normalized spacial score (nSPS) is 15.0. The van der Waals surface area contributed by atoms with Crippen LogP contribution in [0.1, 0.15) is 0 Å². The summed E-state index contributed by atoms with van der Waals surface area (Å²) in [4.78, 5) is 25.8. The first-order valence-corrected chi connectivity index (χ1v) is 7.56. The maximum Gasteiger partial charge on any atom is 0.328 e. The van der Waals surface area contributed by atoms with Crippen LogP contribution in [-0.2, 0) is 9.53 Å². The van der Waals surface area contributed by atoms with Crippen molar-refractivity contribution in [2.75, 3.05) is 23.8 Å². The number of carbonyl (C=O) groups excluding carboxylic acids is 2. The highest BCUT2D eigenvalue weighted by Gasteiger charge is 2.26. The number of amides is 3. The molecule has 0 radical (unpaired) electrons. The van der Waals surface area contributed by atoms with Gasteiger partial charge in [0.05, 0.1) is 12.6 Å². The number of benzene rings is 2. The second-order valence-electron chi connectivity index (χ2n) is 5.13. The summed E-state index contributed by atoms with van der Waals surface area (Å²) >= 11 is 0. The average molecular weight is 323 g/mol. The van der Waals surface area contributed by atoms with E-state index in [4.69, 9.17) is 4.74 Å². The van der Waals surface area contributed by atoms with E-state index in [0.29, 0.717) is 24.5 Å². The van der Waals surface area contributed by atoms with Crippen LogP contribution in [0, 0.1) is 0 Å². The van der Waals surface area contributed by atoms with Crippen molar-refractivity contribution in [3.05, 3.63) is 72.6 Å². The summed E-state index contributed by atoms with van der Waals surface area (Å²) in [5.74, 6) is -0.118. The molecular weight excluding hydrogens is 306 g/mol. The summed E-state index contributed by atoms with van der Waals surface area (Å²) in [6.45, 7) is 0.746. The fourth-order valence-electron chi connectivity index (χ4n) is 2.28. The molecule has 1 aliphatic rings. The monoisotopic (exact) mass is 323 g/mol. The van der Waals surface area contributed by atoms with Gasteiger partial charge in [-0.25, -0.2) is 4.79 Å². The van der Waals surface area contributed by atoms with Crippen molar-refractivity contribution in [1.82, 2.24) is 4.90 Å². The Balaban J connectivity index is 1.66. The third-order valence-electron chi connectivity index (χ3n) is 3.40. The summed E-state index contributed by atoms with van der Waals surface area (Å²) in [6, 6.07) is 17.9. The lowest BCUT2D eigenvalue weighted by Gasteiger charge is -2.16. The predicted molar refractivity (Wildman–Crippen MR) is 91.3 cm³/mol. The van der Waals surface area contributed by atoms with Gasteiger partial charge in [0.25, 0.3) is 5.91 Å². The standard InChI is InChI=1S/C18H17N3O3/c22-16(19-14-7-3-1-4-8-14)13-17-21(11-12-24-17)18(23)20-15-9-5-2-6-10-15/h1-10,13H,11-12H2,(H,19,22)(H,20,23). The number of para-hydroxylation sites is 2. The maximum atomic E-state index is 12.3. The van der Waals surface area contributed by atoms with Crippen molar-refractivity contribution in [2.24, 2.45) is 0 Å². The summed E-state index contributed by atoms with van der Waals surface area (Å²) in [6.07, 6.45) is 1.28. The minimum absolute atomic E-state index is 0.233. The molecule has 0 aromatic heterocycles. The van der Waals surface area contributed by atoms with Gasteiger partial charge in [-0.05, 0) is 24.3 Å². The topological polar surface area (TPSA) is 70.7 Å². The molecule has 0 atom stereocenters. The van der Waals surface area contributed by atoms with Gasteiger partial charge >= 0.3 is 6.03 Å². The van der Waals surface area contributed by atoms with E-state index in [-0.39, 0.29) is 17.8 Å². The van der Waals surface area contributed by atoms with Crippen LogP contribution in [0.4, 0.5) is 16.2 Å². The summed E-state index contributed by atoms with van der Waals surface area (Å²) in [5.41, 5.74) is 1.36. The van der Waals surface area contributed by atoms with Crippen LogP contribution < -0.4 is 10.6 Å². The Morgan fingerprint density at radius 2 is 1.50 bits per heavy atom. The Labute approximate surface area is 139 Å². The average Bonchev–Trinajstić information content (AvgIpc) is 3.04. The number of anilines is 2. The lowest BCUT2D eigenvalue weighted by Crippen LogP contribution is -2.32. The quantitative estimate of drug-likeness (QED) is 0.853. The number of nitrogens with zero attached hydrogens (tertiary/aromatic N) is 1. The third kappa shape index (κ3) is 3.92. The van der Waals surface area contributed by atoms with E-state index < -0.39 is 0 Å². The Kier molecular flexibility index (Phi) is 4.76. The molecule has 0 bridgehead atoms. The molecule has 0 spiro atoms. The third-order valence-corrected chi connectivity index (χ3v) is 3.40. The molecule has 6 heteroatoms. The van der Waals surface area contributed by atoms with Crippen LogP contribution >= 0.6 is 0 Å². The maximum absolute atomic E-state index is 12.3. The summed E-state index contributed by atoms with van der Waals surface area (Å²) < 4.78 is 5.40. The van der Waals surface area contributed by atoms with Crippen molar-refractivity contribution < 1.29 is 14.3 Å². The molecule has 2 aromatic carbocycles. The molecule has 1 saturated heterocycles. The fraction of sp³-hybridized carbons (Fsp3) is 0.111. The van der Waals surface area contributed by atoms with Crippen molar-refractivity contribution >= 4 is 23.3 Å². The lowest BCUT2D eigenvalue weighted by atomic mass is 10.3. The predicted octanol–water partition coefficient (Wildman–Crippen LogP) is 3.03. The first kappa shape index (κ1) is 15.6. The summed E-state index contributed by atoms with van der Waals surface area (Å²) in [7, 11) is 0. The Morgan fingerprint density at radius 3 is 2.12 bits per heavy atom. The van der Waals surface area contributed by atoms with E-state index in [1.54, 1.807) is 24.3 Å². The molecule has 6 nitrogen and oxygen atoms in total. The first-order chi connectivity index (χ1) is 11.7. The van der Waals surface area contributed by atoms with Gasteiger partial charge in [-0.15, -0.1) is 0 Å². The van der Waals surface area contributed by atoms with Gasteiger partial charge in [-0.1, -0.05) is 36.4 Å². The Morgan fingerprint density at radius 1 is 0.917 bits per heavy atom. The highest BCUT2D eigenvalue weighted by molar-refractivity contribution is 6.00. The van der Waals surface area contributed by atoms with Crippen molar-refractivity contribution in [3.63, 3.8) is 0 Å². The molecular formula is C18H17N3O3. The first-order valence-electron chi connectivity index (χ1n) is 7.56. The van der Waals surface area contributed by atoms with Crippen LogP contribution in [0.25, 0.3) is 0 Å². The van der Waals surface area contributed by atoms with Gasteiger partial charge < -0.3 is 15.4 Å². The lowest BCUT2D eigenvalue weighted by molar-refractivity contribution is -0.112. The van der Waals surface area contributed by atoms with Crippen molar-refractivity contribution in [1.29, 1.82) is 0 Å². The van der Waals surface area contributed by atoms with Gasteiger partial charge in [0.2, 0.25) is 5.88 Å². The van der Waals surface area contributed by atoms with Crippen LogP contribution in [0.2, 0.25) is 0 Å². The van der Waals surface area contributed by atoms with E-state index >= 15 is 0 Å². The Hall–Kier alpha value is -3.28.